The number of carbonyl (C=O) groups is 1. The first kappa shape index (κ1) is 19.8. The number of amides is 1. The van der Waals surface area contributed by atoms with E-state index in [1.807, 2.05) is 0 Å². The number of morpholine rings is 1. The molecule has 3 aromatic rings. The molecule has 31 heavy (non-hydrogen) atoms. The summed E-state index contributed by atoms with van der Waals surface area (Å²) in [5, 5.41) is 7.02. The molecule has 0 unspecified atom stereocenters. The Hall–Kier alpha value is -3.11. The van der Waals surface area contributed by atoms with Crippen LogP contribution in [0.15, 0.2) is 23.1 Å². The molecular weight excluding hydrogens is 398 g/mol. The molecule has 4 heterocycles. The summed E-state index contributed by atoms with van der Waals surface area (Å²) in [5.41, 5.74) is 2.26. The highest BCUT2D eigenvalue weighted by molar-refractivity contribution is 6.13. The first-order valence-corrected chi connectivity index (χ1v) is 10.5. The molecule has 5 rings (SSSR count). The van der Waals surface area contributed by atoms with E-state index in [4.69, 9.17) is 9.15 Å². The van der Waals surface area contributed by atoms with Crippen molar-refractivity contribution in [2.75, 3.05) is 36.5 Å². The van der Waals surface area contributed by atoms with Gasteiger partial charge in [0.2, 0.25) is 11.7 Å². The predicted molar refractivity (Wildman–Crippen MR) is 114 cm³/mol. The lowest BCUT2D eigenvalue weighted by Gasteiger charge is -2.26. The number of furan rings is 1. The molecule has 0 atom stereocenters. The number of aromatic nitrogens is 4. The second-order valence-electron chi connectivity index (χ2n) is 8.27. The third kappa shape index (κ3) is 4.08. The smallest absolute Gasteiger partial charge is 0.260 e. The normalized spacial score (nSPS) is 17.7. The van der Waals surface area contributed by atoms with Crippen LogP contribution < -0.4 is 15.5 Å². The van der Waals surface area contributed by atoms with Gasteiger partial charge >= 0.3 is 0 Å². The number of carbonyl (C=O) groups excluding carboxylic acids is 1. The maximum absolute atomic E-state index is 13.1. The summed E-state index contributed by atoms with van der Waals surface area (Å²) >= 11 is 0. The molecule has 2 fully saturated rings. The summed E-state index contributed by atoms with van der Waals surface area (Å²) in [6.45, 7) is 7.31. The zero-order valence-electron chi connectivity index (χ0n) is 17.6. The number of nitrogens with one attached hydrogen (secondary N) is 2. The van der Waals surface area contributed by atoms with Gasteiger partial charge in [0, 0.05) is 25.2 Å². The number of hydrogen-bond donors (Lipinski definition) is 2. The van der Waals surface area contributed by atoms with E-state index in [0.29, 0.717) is 53.8 Å². The molecule has 2 N–H and O–H groups in total. The van der Waals surface area contributed by atoms with E-state index in [2.05, 4.69) is 42.4 Å². The van der Waals surface area contributed by atoms with Gasteiger partial charge in [-0.1, -0.05) is 0 Å². The van der Waals surface area contributed by atoms with Crippen molar-refractivity contribution in [3.63, 3.8) is 0 Å². The molecule has 162 valence electrons. The molecule has 10 heteroatoms. The zero-order chi connectivity index (χ0) is 21.4. The topological polar surface area (TPSA) is 118 Å². The molecule has 3 aromatic heterocycles. The maximum atomic E-state index is 13.1. The van der Waals surface area contributed by atoms with Crippen molar-refractivity contribution in [2.45, 2.75) is 38.8 Å². The maximum Gasteiger partial charge on any atom is 0.260 e. The van der Waals surface area contributed by atoms with Gasteiger partial charge in [0.15, 0.2) is 0 Å². The van der Waals surface area contributed by atoms with Crippen molar-refractivity contribution in [3.05, 3.63) is 35.7 Å². The summed E-state index contributed by atoms with van der Waals surface area (Å²) in [4.78, 5) is 32.6. The van der Waals surface area contributed by atoms with Crippen LogP contribution in [0.3, 0.4) is 0 Å². The second-order valence-corrected chi connectivity index (χ2v) is 8.27. The van der Waals surface area contributed by atoms with Gasteiger partial charge in [0.1, 0.15) is 12.1 Å². The van der Waals surface area contributed by atoms with E-state index in [0.717, 1.165) is 31.6 Å². The molecule has 2 aliphatic rings. The van der Waals surface area contributed by atoms with Crippen LogP contribution in [0.25, 0.3) is 11.1 Å². The average molecular weight is 423 g/mol. The lowest BCUT2D eigenvalue weighted by Crippen LogP contribution is -2.37. The van der Waals surface area contributed by atoms with Gasteiger partial charge in [-0.3, -0.25) is 4.79 Å². The van der Waals surface area contributed by atoms with Crippen LogP contribution in [0.1, 0.15) is 41.6 Å². The quantitative estimate of drug-likeness (QED) is 0.614. The number of anilines is 2. The minimum absolute atomic E-state index is 0.151. The summed E-state index contributed by atoms with van der Waals surface area (Å²) in [5.74, 6) is 0.826. The van der Waals surface area contributed by atoms with Crippen LogP contribution in [0.5, 0.6) is 0 Å². The Balaban J connectivity index is 1.37. The number of nitrogens with zero attached hydrogens (tertiary/aromatic N) is 5. The Morgan fingerprint density at radius 1 is 1.16 bits per heavy atom. The van der Waals surface area contributed by atoms with E-state index < -0.39 is 0 Å². The Kier molecular flexibility index (Phi) is 5.03. The van der Waals surface area contributed by atoms with Crippen LogP contribution in [-0.4, -0.2) is 57.7 Å². The summed E-state index contributed by atoms with van der Waals surface area (Å²) < 4.78 is 11.1. The Bertz CT molecular complexity index is 1100. The van der Waals surface area contributed by atoms with E-state index in [1.165, 1.54) is 6.33 Å². The standard InChI is InChI=1S/C21H25N7O3/c1-13-16(17-15(11-26-21(2)3-4-21)24-12-25-19(17)31-13)18(29)27-14-9-22-20(23-10-14)28-5-7-30-8-6-28/h9-10,12,26H,3-8,11H2,1-2H3,(H,27,29). The van der Waals surface area contributed by atoms with Gasteiger partial charge in [-0.25, -0.2) is 19.9 Å². The van der Waals surface area contributed by atoms with Gasteiger partial charge in [-0.15, -0.1) is 0 Å². The van der Waals surface area contributed by atoms with Crippen molar-refractivity contribution in [2.24, 2.45) is 0 Å². The molecule has 0 bridgehead atoms. The molecular formula is C21H25N7O3. The monoisotopic (exact) mass is 423 g/mol. The third-order valence-electron chi connectivity index (χ3n) is 5.84. The molecule has 0 spiro atoms. The molecule has 1 aliphatic heterocycles. The fourth-order valence-electron chi connectivity index (χ4n) is 3.68. The van der Waals surface area contributed by atoms with Crippen LogP contribution in [0.4, 0.5) is 11.6 Å². The van der Waals surface area contributed by atoms with Crippen molar-refractivity contribution < 1.29 is 13.9 Å². The first-order chi connectivity index (χ1) is 15.0. The molecule has 1 amide bonds. The van der Waals surface area contributed by atoms with Gasteiger partial charge in [-0.05, 0) is 26.7 Å². The highest BCUT2D eigenvalue weighted by atomic mass is 16.5. The fourth-order valence-corrected chi connectivity index (χ4v) is 3.68. The summed E-state index contributed by atoms with van der Waals surface area (Å²) in [6, 6.07) is 0. The van der Waals surface area contributed by atoms with E-state index in [9.17, 15) is 4.79 Å². The van der Waals surface area contributed by atoms with E-state index in [1.54, 1.807) is 19.3 Å². The Labute approximate surface area is 179 Å². The van der Waals surface area contributed by atoms with Crippen molar-refractivity contribution >= 4 is 28.6 Å². The molecule has 10 nitrogen and oxygen atoms in total. The lowest BCUT2D eigenvalue weighted by atomic mass is 10.1. The van der Waals surface area contributed by atoms with Crippen LogP contribution in [0, 0.1) is 6.92 Å². The predicted octanol–water partition coefficient (Wildman–Crippen LogP) is 2.05. The van der Waals surface area contributed by atoms with Crippen molar-refractivity contribution in [1.29, 1.82) is 0 Å². The van der Waals surface area contributed by atoms with Crippen molar-refractivity contribution in [1.82, 2.24) is 25.3 Å². The van der Waals surface area contributed by atoms with Crippen LogP contribution >= 0.6 is 0 Å². The third-order valence-corrected chi connectivity index (χ3v) is 5.84. The van der Waals surface area contributed by atoms with Gasteiger partial charge in [0.05, 0.1) is 47.9 Å². The fraction of sp³-hybridized carbons (Fsp3) is 0.476. The average Bonchev–Trinajstić information content (AvgIpc) is 3.42. The number of aryl methyl sites for hydroxylation is 1. The van der Waals surface area contributed by atoms with Gasteiger partial charge < -0.3 is 24.7 Å². The molecule has 1 aliphatic carbocycles. The zero-order valence-corrected chi connectivity index (χ0v) is 17.6. The highest BCUT2D eigenvalue weighted by Gasteiger charge is 2.36. The highest BCUT2D eigenvalue weighted by Crippen LogP contribution is 2.35. The minimum Gasteiger partial charge on any atom is -0.442 e. The number of rotatable bonds is 6. The number of hydrogen-bond acceptors (Lipinski definition) is 9. The molecule has 0 aromatic carbocycles. The summed E-state index contributed by atoms with van der Waals surface area (Å²) in [6.07, 6.45) is 6.97. The van der Waals surface area contributed by atoms with Crippen LogP contribution in [0.2, 0.25) is 0 Å². The van der Waals surface area contributed by atoms with E-state index in [-0.39, 0.29) is 11.4 Å². The first-order valence-electron chi connectivity index (χ1n) is 10.5. The minimum atomic E-state index is -0.298. The molecule has 1 saturated heterocycles. The SMILES string of the molecule is Cc1oc2ncnc(CNC3(C)CC3)c2c1C(=O)Nc1cnc(N2CCOCC2)nc1. The Morgan fingerprint density at radius 2 is 1.90 bits per heavy atom. The van der Waals surface area contributed by atoms with Crippen LogP contribution in [-0.2, 0) is 11.3 Å². The van der Waals surface area contributed by atoms with Gasteiger partial charge in [-0.2, -0.15) is 0 Å². The molecule has 1 saturated carbocycles. The molecule has 0 radical (unpaired) electrons. The van der Waals surface area contributed by atoms with Gasteiger partial charge in [0.25, 0.3) is 5.91 Å². The van der Waals surface area contributed by atoms with Crippen molar-refractivity contribution in [3.8, 4) is 0 Å². The number of ether oxygens (including phenoxy) is 1. The second kappa shape index (κ2) is 7.86. The largest absolute Gasteiger partial charge is 0.442 e. The van der Waals surface area contributed by atoms with E-state index >= 15 is 0 Å². The summed E-state index contributed by atoms with van der Waals surface area (Å²) in [7, 11) is 0. The lowest BCUT2D eigenvalue weighted by molar-refractivity contribution is 0.102. The Morgan fingerprint density at radius 3 is 2.61 bits per heavy atom. The number of fused-ring (bicyclic) bond motifs is 1.